The van der Waals surface area contributed by atoms with Crippen molar-refractivity contribution in [1.29, 1.82) is 5.26 Å². The molecule has 1 N–H and O–H groups in total. The summed E-state index contributed by atoms with van der Waals surface area (Å²) in [5, 5.41) is 12.4. The first-order valence-corrected chi connectivity index (χ1v) is 9.79. The van der Waals surface area contributed by atoms with E-state index in [9.17, 15) is 23.2 Å². The van der Waals surface area contributed by atoms with Crippen LogP contribution in [0.4, 0.5) is 19.0 Å². The van der Waals surface area contributed by atoms with E-state index in [2.05, 4.69) is 16.4 Å². The summed E-state index contributed by atoms with van der Waals surface area (Å²) < 4.78 is 38.1. The van der Waals surface area contributed by atoms with Crippen LogP contribution >= 0.6 is 0 Å². The van der Waals surface area contributed by atoms with Gasteiger partial charge in [-0.05, 0) is 49.9 Å². The monoisotopic (exact) mass is 416 g/mol. The second-order valence-electron chi connectivity index (χ2n) is 7.66. The topological polar surface area (TPSA) is 69.0 Å². The first-order chi connectivity index (χ1) is 14.2. The third kappa shape index (κ3) is 4.73. The van der Waals surface area contributed by atoms with Crippen LogP contribution in [-0.4, -0.2) is 34.9 Å². The van der Waals surface area contributed by atoms with E-state index in [0.29, 0.717) is 30.0 Å². The Bertz CT molecular complexity index is 950. The number of hydrogen-bond donors (Lipinski definition) is 1. The van der Waals surface area contributed by atoms with Crippen LogP contribution in [0, 0.1) is 24.2 Å². The predicted octanol–water partition coefficient (Wildman–Crippen LogP) is 4.63. The van der Waals surface area contributed by atoms with Crippen molar-refractivity contribution in [1.82, 2.24) is 9.88 Å². The molecule has 2 atom stereocenters. The van der Waals surface area contributed by atoms with Gasteiger partial charge in [0.25, 0.3) is 5.91 Å². The Balaban J connectivity index is 1.78. The van der Waals surface area contributed by atoms with Crippen LogP contribution in [0.1, 0.15) is 46.8 Å². The van der Waals surface area contributed by atoms with Crippen molar-refractivity contribution in [2.45, 2.75) is 38.9 Å². The quantitative estimate of drug-likeness (QED) is 0.789. The molecular weight excluding hydrogens is 393 g/mol. The van der Waals surface area contributed by atoms with Crippen LogP contribution in [0.2, 0.25) is 0 Å². The summed E-state index contributed by atoms with van der Waals surface area (Å²) in [5.74, 6) is 0.315. The van der Waals surface area contributed by atoms with E-state index in [-0.39, 0.29) is 17.9 Å². The summed E-state index contributed by atoms with van der Waals surface area (Å²) in [7, 11) is 0. The van der Waals surface area contributed by atoms with E-state index >= 15 is 0 Å². The molecule has 0 saturated carbocycles. The Morgan fingerprint density at radius 1 is 1.33 bits per heavy atom. The average molecular weight is 416 g/mol. The lowest BCUT2D eigenvalue weighted by Crippen LogP contribution is -2.51. The zero-order chi connectivity index (χ0) is 21.9. The molecule has 8 heteroatoms. The van der Waals surface area contributed by atoms with Crippen LogP contribution < -0.4 is 5.32 Å². The van der Waals surface area contributed by atoms with E-state index in [4.69, 9.17) is 0 Å². The number of nitrogens with one attached hydrogen (secondary N) is 1. The van der Waals surface area contributed by atoms with Crippen molar-refractivity contribution in [2.24, 2.45) is 5.92 Å². The van der Waals surface area contributed by atoms with E-state index in [1.165, 1.54) is 6.07 Å². The standard InChI is InChI=1S/C22H23F3N4O/c1-14-5-6-16(11-26)18(10-14)21(30)29-9-3-4-15(2)19(29)13-28-20-8-7-17(12-27-20)22(23,24)25/h5-8,10,12,15,19H,3-4,9,13H2,1-2H3,(H,27,28)/t15-,19-/m1/s1. The summed E-state index contributed by atoms with van der Waals surface area (Å²) >= 11 is 0. The molecule has 1 aliphatic rings. The largest absolute Gasteiger partial charge is 0.417 e. The molecule has 1 fully saturated rings. The van der Waals surface area contributed by atoms with Gasteiger partial charge in [0.05, 0.1) is 28.8 Å². The van der Waals surface area contributed by atoms with Gasteiger partial charge < -0.3 is 10.2 Å². The number of rotatable bonds is 4. The number of nitriles is 1. The average Bonchev–Trinajstić information content (AvgIpc) is 2.72. The molecule has 1 aliphatic heterocycles. The lowest BCUT2D eigenvalue weighted by Gasteiger charge is -2.40. The van der Waals surface area contributed by atoms with E-state index in [1.807, 2.05) is 13.8 Å². The second-order valence-corrected chi connectivity index (χ2v) is 7.66. The number of likely N-dealkylation sites (tertiary alicyclic amines) is 1. The Morgan fingerprint density at radius 3 is 2.73 bits per heavy atom. The lowest BCUT2D eigenvalue weighted by molar-refractivity contribution is -0.137. The third-order valence-corrected chi connectivity index (χ3v) is 5.49. The van der Waals surface area contributed by atoms with Gasteiger partial charge in [0.15, 0.2) is 0 Å². The number of carbonyl (C=O) groups is 1. The van der Waals surface area contributed by atoms with Gasteiger partial charge >= 0.3 is 6.18 Å². The molecule has 2 heterocycles. The molecule has 5 nitrogen and oxygen atoms in total. The second kappa shape index (κ2) is 8.74. The Hall–Kier alpha value is -3.08. The van der Waals surface area contributed by atoms with Crippen LogP contribution in [0.3, 0.4) is 0 Å². The molecule has 0 aliphatic carbocycles. The fourth-order valence-corrected chi connectivity index (χ4v) is 3.78. The minimum atomic E-state index is -4.43. The van der Waals surface area contributed by atoms with E-state index in [0.717, 1.165) is 30.7 Å². The zero-order valence-electron chi connectivity index (χ0n) is 16.8. The number of alkyl halides is 3. The molecule has 1 saturated heterocycles. The summed E-state index contributed by atoms with van der Waals surface area (Å²) in [6, 6.07) is 9.35. The summed E-state index contributed by atoms with van der Waals surface area (Å²) in [6.07, 6.45) is -1.84. The number of hydrogen-bond acceptors (Lipinski definition) is 4. The van der Waals surface area contributed by atoms with Gasteiger partial charge in [-0.15, -0.1) is 0 Å². The highest BCUT2D eigenvalue weighted by atomic mass is 19.4. The highest BCUT2D eigenvalue weighted by Crippen LogP contribution is 2.29. The summed E-state index contributed by atoms with van der Waals surface area (Å²) in [4.78, 5) is 18.9. The Labute approximate surface area is 173 Å². The van der Waals surface area contributed by atoms with Crippen LogP contribution in [-0.2, 0) is 6.18 Å². The smallest absolute Gasteiger partial charge is 0.368 e. The number of nitrogens with zero attached hydrogens (tertiary/aromatic N) is 3. The van der Waals surface area contributed by atoms with Crippen molar-refractivity contribution < 1.29 is 18.0 Å². The number of piperidine rings is 1. The van der Waals surface area contributed by atoms with Gasteiger partial charge in [-0.25, -0.2) is 4.98 Å². The zero-order valence-corrected chi connectivity index (χ0v) is 16.8. The van der Waals surface area contributed by atoms with Gasteiger partial charge in [-0.1, -0.05) is 18.6 Å². The summed E-state index contributed by atoms with van der Waals surface area (Å²) in [6.45, 7) is 4.84. The first-order valence-electron chi connectivity index (χ1n) is 9.79. The van der Waals surface area contributed by atoms with Crippen molar-refractivity contribution in [3.05, 3.63) is 58.8 Å². The fraction of sp³-hybridized carbons (Fsp3) is 0.409. The number of pyridine rings is 1. The van der Waals surface area contributed by atoms with Gasteiger partial charge in [0.2, 0.25) is 0 Å². The SMILES string of the molecule is Cc1ccc(C#N)c(C(=O)N2CCC[C@@H](C)[C@H]2CNc2ccc(C(F)(F)F)cn2)c1. The van der Waals surface area contributed by atoms with E-state index < -0.39 is 11.7 Å². The fourth-order valence-electron chi connectivity index (χ4n) is 3.78. The number of aryl methyl sites for hydroxylation is 1. The number of benzene rings is 1. The number of aromatic nitrogens is 1. The molecule has 3 rings (SSSR count). The molecule has 158 valence electrons. The van der Waals surface area contributed by atoms with Crippen LogP contribution in [0.15, 0.2) is 36.5 Å². The molecule has 30 heavy (non-hydrogen) atoms. The molecule has 1 aromatic heterocycles. The van der Waals surface area contributed by atoms with Crippen LogP contribution in [0.5, 0.6) is 0 Å². The molecule has 0 radical (unpaired) electrons. The van der Waals surface area contributed by atoms with Crippen molar-refractivity contribution in [3.8, 4) is 6.07 Å². The molecule has 2 aromatic rings. The highest BCUT2D eigenvalue weighted by molar-refractivity contribution is 5.97. The molecule has 1 aromatic carbocycles. The van der Waals surface area contributed by atoms with E-state index in [1.54, 1.807) is 23.1 Å². The maximum Gasteiger partial charge on any atom is 0.417 e. The minimum Gasteiger partial charge on any atom is -0.368 e. The van der Waals surface area contributed by atoms with Gasteiger partial charge in [0, 0.05) is 19.3 Å². The van der Waals surface area contributed by atoms with Crippen molar-refractivity contribution in [2.75, 3.05) is 18.4 Å². The lowest BCUT2D eigenvalue weighted by atomic mass is 9.89. The summed E-state index contributed by atoms with van der Waals surface area (Å²) in [5.41, 5.74) is 0.801. The minimum absolute atomic E-state index is 0.164. The number of halogens is 3. The van der Waals surface area contributed by atoms with Gasteiger partial charge in [-0.3, -0.25) is 4.79 Å². The predicted molar refractivity (Wildman–Crippen MR) is 107 cm³/mol. The Kier molecular flexibility index (Phi) is 6.30. The van der Waals surface area contributed by atoms with Crippen molar-refractivity contribution >= 4 is 11.7 Å². The van der Waals surface area contributed by atoms with Crippen molar-refractivity contribution in [3.63, 3.8) is 0 Å². The molecule has 0 bridgehead atoms. The van der Waals surface area contributed by atoms with Gasteiger partial charge in [0.1, 0.15) is 5.82 Å². The molecule has 1 amide bonds. The number of carbonyl (C=O) groups excluding carboxylic acids is 1. The van der Waals surface area contributed by atoms with Crippen LogP contribution in [0.25, 0.3) is 0 Å². The maximum absolute atomic E-state index is 13.3. The molecule has 0 spiro atoms. The normalized spacial score (nSPS) is 19.3. The number of amides is 1. The highest BCUT2D eigenvalue weighted by Gasteiger charge is 2.34. The first kappa shape index (κ1) is 21.6. The third-order valence-electron chi connectivity index (χ3n) is 5.49. The molecular formula is C22H23F3N4O. The van der Waals surface area contributed by atoms with Gasteiger partial charge in [-0.2, -0.15) is 18.4 Å². The number of anilines is 1. The molecule has 0 unspecified atom stereocenters. The maximum atomic E-state index is 13.3. The Morgan fingerprint density at radius 2 is 2.10 bits per heavy atom.